The highest BCUT2D eigenvalue weighted by Crippen LogP contribution is 2.18. The first-order valence-electron chi connectivity index (χ1n) is 9.32. The molecule has 0 N–H and O–H groups in total. The third-order valence-electron chi connectivity index (χ3n) is 4.80. The average molecular weight is 370 g/mol. The molecule has 0 aliphatic carbocycles. The molecule has 1 saturated heterocycles. The Kier molecular flexibility index (Phi) is 6.29. The molecule has 0 atom stereocenters. The van der Waals surface area contributed by atoms with Crippen molar-refractivity contribution in [3.8, 4) is 5.75 Å². The Morgan fingerprint density at radius 3 is 2.37 bits per heavy atom. The predicted molar refractivity (Wildman–Crippen MR) is 102 cm³/mol. The number of hydrogen-bond donors (Lipinski definition) is 0. The molecule has 1 aromatic carbocycles. The molecule has 1 fully saturated rings. The van der Waals surface area contributed by atoms with Gasteiger partial charge in [-0.3, -0.25) is 14.5 Å². The van der Waals surface area contributed by atoms with Crippen LogP contribution in [0.4, 0.5) is 0 Å². The summed E-state index contributed by atoms with van der Waals surface area (Å²) in [5, 5.41) is 0. The van der Waals surface area contributed by atoms with Gasteiger partial charge < -0.3 is 14.1 Å². The molecule has 1 aliphatic heterocycles. The van der Waals surface area contributed by atoms with E-state index in [1.165, 1.54) is 11.8 Å². The van der Waals surface area contributed by atoms with Crippen LogP contribution in [-0.2, 0) is 4.79 Å². The minimum Gasteiger partial charge on any atom is -0.484 e. The molecule has 6 nitrogen and oxygen atoms in total. The van der Waals surface area contributed by atoms with Crippen molar-refractivity contribution in [1.82, 2.24) is 9.80 Å². The number of hydrogen-bond acceptors (Lipinski definition) is 5. The van der Waals surface area contributed by atoms with E-state index < -0.39 is 0 Å². The lowest BCUT2D eigenvalue weighted by Crippen LogP contribution is -2.51. The zero-order valence-corrected chi connectivity index (χ0v) is 15.9. The maximum atomic E-state index is 12.4. The second-order valence-electron chi connectivity index (χ2n) is 7.07. The van der Waals surface area contributed by atoms with Gasteiger partial charge in [0.2, 0.25) is 5.78 Å². The molecule has 1 aromatic heterocycles. The van der Waals surface area contributed by atoms with Crippen LogP contribution in [-0.4, -0.2) is 60.8 Å². The fourth-order valence-electron chi connectivity index (χ4n) is 3.06. The molecule has 2 heterocycles. The zero-order chi connectivity index (χ0) is 19.2. The summed E-state index contributed by atoms with van der Waals surface area (Å²) >= 11 is 0. The van der Waals surface area contributed by atoms with Gasteiger partial charge in [0.05, 0.1) is 12.8 Å². The van der Waals surface area contributed by atoms with Gasteiger partial charge >= 0.3 is 0 Å². The van der Waals surface area contributed by atoms with Crippen LogP contribution in [0.1, 0.15) is 35.9 Å². The monoisotopic (exact) mass is 370 g/mol. The third-order valence-corrected chi connectivity index (χ3v) is 4.80. The molecule has 0 radical (unpaired) electrons. The van der Waals surface area contributed by atoms with Crippen LogP contribution in [0.5, 0.6) is 5.75 Å². The van der Waals surface area contributed by atoms with E-state index in [9.17, 15) is 9.59 Å². The number of carbonyl (C=O) groups is 2. The number of furan rings is 1. The normalized spacial score (nSPS) is 15.1. The second kappa shape index (κ2) is 8.86. The van der Waals surface area contributed by atoms with E-state index in [4.69, 9.17) is 9.15 Å². The minimum absolute atomic E-state index is 0.0278. The van der Waals surface area contributed by atoms with Gasteiger partial charge in [0.15, 0.2) is 12.4 Å². The van der Waals surface area contributed by atoms with Gasteiger partial charge in [-0.05, 0) is 35.7 Å². The Morgan fingerprint density at radius 1 is 1.07 bits per heavy atom. The number of benzene rings is 1. The van der Waals surface area contributed by atoms with Crippen molar-refractivity contribution >= 4 is 11.7 Å². The van der Waals surface area contributed by atoms with Crippen LogP contribution in [0.25, 0.3) is 0 Å². The lowest BCUT2D eigenvalue weighted by molar-refractivity contribution is -0.135. The fraction of sp³-hybridized carbons (Fsp3) is 0.429. The highest BCUT2D eigenvalue weighted by atomic mass is 16.5. The highest BCUT2D eigenvalue weighted by Gasteiger charge is 2.23. The lowest BCUT2D eigenvalue weighted by Gasteiger charge is -2.34. The molecule has 0 bridgehead atoms. The van der Waals surface area contributed by atoms with Crippen molar-refractivity contribution in [2.75, 3.05) is 39.3 Å². The molecular weight excluding hydrogens is 344 g/mol. The summed E-state index contributed by atoms with van der Waals surface area (Å²) in [5.74, 6) is 1.49. The third kappa shape index (κ3) is 5.20. The van der Waals surface area contributed by atoms with E-state index in [-0.39, 0.29) is 18.3 Å². The minimum atomic E-state index is -0.0343. The van der Waals surface area contributed by atoms with E-state index in [1.54, 1.807) is 17.0 Å². The first-order chi connectivity index (χ1) is 13.0. The predicted octanol–water partition coefficient (Wildman–Crippen LogP) is 2.81. The van der Waals surface area contributed by atoms with Crippen molar-refractivity contribution in [1.29, 1.82) is 0 Å². The molecule has 6 heteroatoms. The van der Waals surface area contributed by atoms with Gasteiger partial charge in [0, 0.05) is 26.2 Å². The molecule has 0 spiro atoms. The van der Waals surface area contributed by atoms with Gasteiger partial charge in [-0.25, -0.2) is 0 Å². The van der Waals surface area contributed by atoms with Gasteiger partial charge in [0.1, 0.15) is 5.75 Å². The van der Waals surface area contributed by atoms with Crippen molar-refractivity contribution in [3.05, 3.63) is 54.0 Å². The summed E-state index contributed by atoms with van der Waals surface area (Å²) in [6, 6.07) is 11.2. The number of nitrogens with zero attached hydrogens (tertiary/aromatic N) is 2. The molecule has 0 unspecified atom stereocenters. The number of ketones is 1. The Morgan fingerprint density at radius 2 is 1.78 bits per heavy atom. The van der Waals surface area contributed by atoms with Crippen LogP contribution >= 0.6 is 0 Å². The molecule has 27 heavy (non-hydrogen) atoms. The first-order valence-corrected chi connectivity index (χ1v) is 9.32. The molecule has 3 rings (SSSR count). The van der Waals surface area contributed by atoms with Crippen LogP contribution in [0.15, 0.2) is 47.1 Å². The number of rotatable bonds is 7. The molecule has 2 aromatic rings. The second-order valence-corrected chi connectivity index (χ2v) is 7.07. The van der Waals surface area contributed by atoms with Crippen molar-refractivity contribution < 1.29 is 18.7 Å². The maximum Gasteiger partial charge on any atom is 0.260 e. The smallest absolute Gasteiger partial charge is 0.260 e. The molecular formula is C21H26N2O4. The molecule has 1 amide bonds. The summed E-state index contributed by atoms with van der Waals surface area (Å²) in [6.45, 7) is 7.16. The number of piperazine rings is 1. The number of Topliss-reactive ketones (excluding diaryl/α,β-unsaturated/α-hetero) is 1. The quantitative estimate of drug-likeness (QED) is 0.702. The Balaban J connectivity index is 1.41. The van der Waals surface area contributed by atoms with Crippen LogP contribution < -0.4 is 4.74 Å². The Bertz CT molecular complexity index is 745. The van der Waals surface area contributed by atoms with Crippen molar-refractivity contribution in [2.45, 2.75) is 19.8 Å². The van der Waals surface area contributed by atoms with E-state index in [2.05, 4.69) is 13.8 Å². The summed E-state index contributed by atoms with van der Waals surface area (Å²) in [5.41, 5.74) is 1.24. The van der Waals surface area contributed by atoms with Gasteiger partial charge in [-0.2, -0.15) is 0 Å². The van der Waals surface area contributed by atoms with Crippen LogP contribution in [0.2, 0.25) is 0 Å². The number of carbonyl (C=O) groups excluding carboxylic acids is 2. The van der Waals surface area contributed by atoms with Crippen molar-refractivity contribution in [2.24, 2.45) is 0 Å². The summed E-state index contributed by atoms with van der Waals surface area (Å²) in [4.78, 5) is 28.3. The molecule has 144 valence electrons. The largest absolute Gasteiger partial charge is 0.484 e. The molecule has 1 aliphatic rings. The van der Waals surface area contributed by atoms with Crippen LogP contribution in [0, 0.1) is 0 Å². The topological polar surface area (TPSA) is 63.0 Å². The van der Waals surface area contributed by atoms with E-state index in [0.717, 1.165) is 0 Å². The highest BCUT2D eigenvalue weighted by molar-refractivity contribution is 5.95. The van der Waals surface area contributed by atoms with Crippen molar-refractivity contribution in [3.63, 3.8) is 0 Å². The zero-order valence-electron chi connectivity index (χ0n) is 15.9. The lowest BCUT2D eigenvalue weighted by atomic mass is 10.0. The van der Waals surface area contributed by atoms with Crippen LogP contribution in [0.3, 0.4) is 0 Å². The summed E-state index contributed by atoms with van der Waals surface area (Å²) in [6.07, 6.45) is 1.50. The van der Waals surface area contributed by atoms with E-state index >= 15 is 0 Å². The van der Waals surface area contributed by atoms with Gasteiger partial charge in [0.25, 0.3) is 5.91 Å². The van der Waals surface area contributed by atoms with Gasteiger partial charge in [-0.15, -0.1) is 0 Å². The Hall–Kier alpha value is -2.60. The number of ether oxygens (including phenoxy) is 1. The summed E-state index contributed by atoms with van der Waals surface area (Å²) in [7, 11) is 0. The SMILES string of the molecule is CC(C)c1ccc(OCC(=O)N2CCN(CC(=O)c3ccco3)CC2)cc1. The summed E-state index contributed by atoms with van der Waals surface area (Å²) < 4.78 is 10.8. The molecule has 0 saturated carbocycles. The Labute approximate surface area is 159 Å². The number of amides is 1. The first kappa shape index (κ1) is 19.2. The van der Waals surface area contributed by atoms with Gasteiger partial charge in [-0.1, -0.05) is 26.0 Å². The van der Waals surface area contributed by atoms with E-state index in [0.29, 0.717) is 50.2 Å². The fourth-order valence-corrected chi connectivity index (χ4v) is 3.06. The van der Waals surface area contributed by atoms with E-state index in [1.807, 2.05) is 29.2 Å². The maximum absolute atomic E-state index is 12.4. The average Bonchev–Trinajstić information content (AvgIpc) is 3.22. The standard InChI is InChI=1S/C21H26N2O4/c1-16(2)17-5-7-18(8-6-17)27-15-21(25)23-11-9-22(10-12-23)14-19(24)20-4-3-13-26-20/h3-8,13,16H,9-12,14-15H2,1-2H3.